The van der Waals surface area contributed by atoms with Gasteiger partial charge >= 0.3 is 0 Å². The highest BCUT2D eigenvalue weighted by Crippen LogP contribution is 1.94. The van der Waals surface area contributed by atoms with E-state index >= 15 is 0 Å². The highest BCUT2D eigenvalue weighted by atomic mass is 16.6. The molecule has 0 aromatic heterocycles. The monoisotopic (exact) mass is 378 g/mol. The molecule has 0 fully saturated rings. The summed E-state index contributed by atoms with van der Waals surface area (Å²) in [5.41, 5.74) is 0. The summed E-state index contributed by atoms with van der Waals surface area (Å²) in [5, 5.41) is 0. The van der Waals surface area contributed by atoms with Gasteiger partial charge in [-0.25, -0.2) is 0 Å². The Bertz CT molecular complexity index is 216. The van der Waals surface area contributed by atoms with Gasteiger partial charge in [-0.2, -0.15) is 0 Å². The Kier molecular flexibility index (Phi) is 24.5. The molecule has 0 saturated carbocycles. The van der Waals surface area contributed by atoms with Crippen LogP contribution < -0.4 is 0 Å². The molecule has 6 heteroatoms. The largest absolute Gasteiger partial charge is 0.379 e. The SMILES string of the molecule is CCCCCOCCOCCOCCOCCOCCOCCCCC. The van der Waals surface area contributed by atoms with Gasteiger partial charge in [0.2, 0.25) is 0 Å². The molecule has 0 rings (SSSR count). The fourth-order valence-corrected chi connectivity index (χ4v) is 2.11. The second-order valence-electron chi connectivity index (χ2n) is 6.09. The van der Waals surface area contributed by atoms with Crippen molar-refractivity contribution < 1.29 is 28.4 Å². The van der Waals surface area contributed by atoms with E-state index in [4.69, 9.17) is 28.4 Å². The summed E-state index contributed by atoms with van der Waals surface area (Å²) >= 11 is 0. The maximum atomic E-state index is 5.46. The van der Waals surface area contributed by atoms with Crippen LogP contribution in [0.15, 0.2) is 0 Å². The van der Waals surface area contributed by atoms with Crippen molar-refractivity contribution in [3.05, 3.63) is 0 Å². The average Bonchev–Trinajstić information content (AvgIpc) is 2.66. The Morgan fingerprint density at radius 3 is 0.769 bits per heavy atom. The van der Waals surface area contributed by atoms with E-state index < -0.39 is 0 Å². The second-order valence-corrected chi connectivity index (χ2v) is 6.09. The van der Waals surface area contributed by atoms with E-state index in [0.717, 1.165) is 26.1 Å². The minimum atomic E-state index is 0.581. The highest BCUT2D eigenvalue weighted by molar-refractivity contribution is 4.39. The molecule has 0 amide bonds. The van der Waals surface area contributed by atoms with E-state index in [0.29, 0.717) is 66.1 Å². The third-order valence-corrected chi connectivity index (χ3v) is 3.64. The standard InChI is InChI=1S/C20H42O6/c1-3-5-7-9-21-11-13-23-15-17-25-19-20-26-18-16-24-14-12-22-10-8-6-4-2/h3-20H2,1-2H3. The van der Waals surface area contributed by atoms with E-state index in [1.165, 1.54) is 25.7 Å². The van der Waals surface area contributed by atoms with Crippen LogP contribution in [-0.4, -0.2) is 79.3 Å². The van der Waals surface area contributed by atoms with Crippen molar-refractivity contribution in [2.24, 2.45) is 0 Å². The summed E-state index contributed by atoms with van der Waals surface area (Å²) in [6.45, 7) is 12.2. The molecule has 158 valence electrons. The maximum Gasteiger partial charge on any atom is 0.0701 e. The molecule has 6 nitrogen and oxygen atoms in total. The normalized spacial score (nSPS) is 11.3. The summed E-state index contributed by atoms with van der Waals surface area (Å²) in [5.74, 6) is 0. The summed E-state index contributed by atoms with van der Waals surface area (Å²) < 4.78 is 32.6. The van der Waals surface area contributed by atoms with Crippen LogP contribution in [-0.2, 0) is 28.4 Å². The van der Waals surface area contributed by atoms with E-state index in [1.807, 2.05) is 0 Å². The summed E-state index contributed by atoms with van der Waals surface area (Å²) in [4.78, 5) is 0. The molecular formula is C20H42O6. The first-order valence-electron chi connectivity index (χ1n) is 10.4. The number of ether oxygens (including phenoxy) is 6. The molecule has 0 atom stereocenters. The first kappa shape index (κ1) is 25.8. The van der Waals surface area contributed by atoms with E-state index in [-0.39, 0.29) is 0 Å². The zero-order valence-corrected chi connectivity index (χ0v) is 17.2. The Balaban J connectivity index is 2.95. The predicted octanol–water partition coefficient (Wildman–Crippen LogP) is 3.47. The predicted molar refractivity (Wildman–Crippen MR) is 104 cm³/mol. The average molecular weight is 379 g/mol. The van der Waals surface area contributed by atoms with Gasteiger partial charge in [-0.1, -0.05) is 39.5 Å². The fourth-order valence-electron chi connectivity index (χ4n) is 2.11. The summed E-state index contributed by atoms with van der Waals surface area (Å²) in [6, 6.07) is 0. The number of rotatable bonds is 23. The Morgan fingerprint density at radius 1 is 0.308 bits per heavy atom. The highest BCUT2D eigenvalue weighted by Gasteiger charge is 1.94. The molecule has 0 aromatic carbocycles. The minimum absolute atomic E-state index is 0.581. The van der Waals surface area contributed by atoms with Gasteiger partial charge in [0, 0.05) is 13.2 Å². The number of hydrogen-bond acceptors (Lipinski definition) is 6. The van der Waals surface area contributed by atoms with Crippen LogP contribution >= 0.6 is 0 Å². The van der Waals surface area contributed by atoms with Gasteiger partial charge in [0.25, 0.3) is 0 Å². The van der Waals surface area contributed by atoms with Crippen molar-refractivity contribution in [1.29, 1.82) is 0 Å². The fraction of sp³-hybridized carbons (Fsp3) is 1.00. The molecule has 0 aliphatic heterocycles. The van der Waals surface area contributed by atoms with Crippen LogP contribution in [0.4, 0.5) is 0 Å². The molecule has 0 aliphatic rings. The van der Waals surface area contributed by atoms with Crippen molar-refractivity contribution >= 4 is 0 Å². The molecule has 0 saturated heterocycles. The molecule has 0 bridgehead atoms. The van der Waals surface area contributed by atoms with Crippen molar-refractivity contribution in [2.75, 3.05) is 79.3 Å². The topological polar surface area (TPSA) is 55.4 Å². The van der Waals surface area contributed by atoms with Crippen LogP contribution in [0.3, 0.4) is 0 Å². The van der Waals surface area contributed by atoms with Gasteiger partial charge in [-0.3, -0.25) is 0 Å². The van der Waals surface area contributed by atoms with E-state index in [1.54, 1.807) is 0 Å². The molecule has 0 spiro atoms. The third-order valence-electron chi connectivity index (χ3n) is 3.64. The smallest absolute Gasteiger partial charge is 0.0701 e. The van der Waals surface area contributed by atoms with Crippen molar-refractivity contribution in [3.63, 3.8) is 0 Å². The third kappa shape index (κ3) is 23.8. The molecule has 0 unspecified atom stereocenters. The molecule has 0 N–H and O–H groups in total. The van der Waals surface area contributed by atoms with Gasteiger partial charge in [0.15, 0.2) is 0 Å². The van der Waals surface area contributed by atoms with Crippen molar-refractivity contribution in [3.8, 4) is 0 Å². The van der Waals surface area contributed by atoms with Gasteiger partial charge in [0.05, 0.1) is 66.1 Å². The zero-order chi connectivity index (χ0) is 19.0. The molecule has 0 heterocycles. The van der Waals surface area contributed by atoms with Gasteiger partial charge in [-0.15, -0.1) is 0 Å². The first-order chi connectivity index (χ1) is 12.9. The van der Waals surface area contributed by atoms with Crippen molar-refractivity contribution in [1.82, 2.24) is 0 Å². The zero-order valence-electron chi connectivity index (χ0n) is 17.2. The molecular weight excluding hydrogens is 336 g/mol. The van der Waals surface area contributed by atoms with Crippen LogP contribution in [0.1, 0.15) is 52.4 Å². The Labute approximate surface area is 160 Å². The minimum Gasteiger partial charge on any atom is -0.379 e. The Hall–Kier alpha value is -0.240. The van der Waals surface area contributed by atoms with Gasteiger partial charge < -0.3 is 28.4 Å². The quantitative estimate of drug-likeness (QED) is 0.254. The molecule has 0 aliphatic carbocycles. The summed E-state index contributed by atoms with van der Waals surface area (Å²) in [7, 11) is 0. The van der Waals surface area contributed by atoms with E-state index in [2.05, 4.69) is 13.8 Å². The van der Waals surface area contributed by atoms with Crippen LogP contribution in [0.5, 0.6) is 0 Å². The molecule has 26 heavy (non-hydrogen) atoms. The molecule has 0 radical (unpaired) electrons. The second kappa shape index (κ2) is 24.8. The van der Waals surface area contributed by atoms with Gasteiger partial charge in [0.1, 0.15) is 0 Å². The van der Waals surface area contributed by atoms with Crippen LogP contribution in [0.25, 0.3) is 0 Å². The number of hydrogen-bond donors (Lipinski definition) is 0. The lowest BCUT2D eigenvalue weighted by molar-refractivity contribution is -0.0169. The van der Waals surface area contributed by atoms with Gasteiger partial charge in [-0.05, 0) is 12.8 Å². The van der Waals surface area contributed by atoms with Crippen LogP contribution in [0.2, 0.25) is 0 Å². The lowest BCUT2D eigenvalue weighted by Gasteiger charge is -2.08. The number of unbranched alkanes of at least 4 members (excludes halogenated alkanes) is 4. The van der Waals surface area contributed by atoms with Crippen molar-refractivity contribution in [2.45, 2.75) is 52.4 Å². The summed E-state index contributed by atoms with van der Waals surface area (Å²) in [6.07, 6.45) is 7.19. The lowest BCUT2D eigenvalue weighted by atomic mass is 10.3. The lowest BCUT2D eigenvalue weighted by Crippen LogP contribution is -2.14. The Morgan fingerprint density at radius 2 is 0.538 bits per heavy atom. The first-order valence-corrected chi connectivity index (χ1v) is 10.4. The maximum absolute atomic E-state index is 5.46. The van der Waals surface area contributed by atoms with Crippen LogP contribution in [0, 0.1) is 0 Å². The molecule has 0 aromatic rings. The van der Waals surface area contributed by atoms with E-state index in [9.17, 15) is 0 Å².